The first kappa shape index (κ1) is 26.1. The molecule has 182 valence electrons. The van der Waals surface area contributed by atoms with Gasteiger partial charge in [-0.05, 0) is 42.0 Å². The quantitative estimate of drug-likeness (QED) is 0.237. The fourth-order valence-corrected chi connectivity index (χ4v) is 5.45. The van der Waals surface area contributed by atoms with Crippen molar-refractivity contribution in [1.29, 1.82) is 0 Å². The normalized spacial score (nSPS) is 18.3. The number of hydrogen-bond donors (Lipinski definition) is 1. The number of Topliss-reactive ketones (excluding diaryl/α,β-unsaturated/α-hetero) is 1. The van der Waals surface area contributed by atoms with Crippen LogP contribution in [-0.2, 0) is 11.2 Å². The highest BCUT2D eigenvalue weighted by atomic mass is 35.5. The SMILES string of the molecule is O=C(Cc1c(F)cc(F)cc1F)c1cc(NC(=O)[C@H]2[C@H](c3cc(Cl)cc(Cl)c3)C2(Cl)Cl)ccc1Cl. The topological polar surface area (TPSA) is 46.2 Å². The lowest BCUT2D eigenvalue weighted by atomic mass is 10.0. The summed E-state index contributed by atoms with van der Waals surface area (Å²) in [6.45, 7) is 0. The van der Waals surface area contributed by atoms with Crippen LogP contribution in [-0.4, -0.2) is 16.0 Å². The Morgan fingerprint density at radius 1 is 0.886 bits per heavy atom. The lowest BCUT2D eigenvalue weighted by molar-refractivity contribution is -0.117. The van der Waals surface area contributed by atoms with Crippen molar-refractivity contribution in [2.24, 2.45) is 5.92 Å². The van der Waals surface area contributed by atoms with Gasteiger partial charge >= 0.3 is 0 Å². The van der Waals surface area contributed by atoms with Crippen LogP contribution in [0.4, 0.5) is 18.9 Å². The first-order valence-electron chi connectivity index (χ1n) is 9.99. The van der Waals surface area contributed by atoms with Crippen LogP contribution < -0.4 is 5.32 Å². The number of halogens is 8. The minimum Gasteiger partial charge on any atom is -0.326 e. The van der Waals surface area contributed by atoms with Gasteiger partial charge in [-0.2, -0.15) is 0 Å². The lowest BCUT2D eigenvalue weighted by Gasteiger charge is -2.10. The number of nitrogens with one attached hydrogen (secondary N) is 1. The fraction of sp³-hybridized carbons (Fsp3) is 0.167. The van der Waals surface area contributed by atoms with Gasteiger partial charge in [0, 0.05) is 51.3 Å². The molecular weight excluding hydrogens is 569 g/mol. The summed E-state index contributed by atoms with van der Waals surface area (Å²) in [7, 11) is 0. The molecule has 1 N–H and O–H groups in total. The molecule has 0 unspecified atom stereocenters. The van der Waals surface area contributed by atoms with E-state index in [1.54, 1.807) is 12.1 Å². The van der Waals surface area contributed by atoms with Gasteiger partial charge < -0.3 is 5.32 Å². The minimum atomic E-state index is -1.42. The second-order valence-electron chi connectivity index (χ2n) is 7.96. The Hall–Kier alpha value is -1.96. The highest BCUT2D eigenvalue weighted by Crippen LogP contribution is 2.65. The highest BCUT2D eigenvalue weighted by molar-refractivity contribution is 6.53. The van der Waals surface area contributed by atoms with Gasteiger partial charge in [-0.3, -0.25) is 9.59 Å². The highest BCUT2D eigenvalue weighted by Gasteiger charge is 2.67. The number of anilines is 1. The number of carbonyl (C=O) groups is 2. The third-order valence-electron chi connectivity index (χ3n) is 5.56. The number of carbonyl (C=O) groups excluding carboxylic acids is 2. The Balaban J connectivity index is 1.53. The van der Waals surface area contributed by atoms with Crippen molar-refractivity contribution in [3.8, 4) is 0 Å². The van der Waals surface area contributed by atoms with Crippen LogP contribution in [0.1, 0.15) is 27.4 Å². The summed E-state index contributed by atoms with van der Waals surface area (Å²) in [6.07, 6.45) is -0.707. The molecule has 1 aliphatic rings. The fourth-order valence-electron chi connectivity index (χ4n) is 3.86. The van der Waals surface area contributed by atoms with E-state index in [9.17, 15) is 22.8 Å². The summed E-state index contributed by atoms with van der Waals surface area (Å²) in [6, 6.07) is 9.76. The van der Waals surface area contributed by atoms with E-state index in [1.165, 1.54) is 24.3 Å². The van der Waals surface area contributed by atoms with Crippen molar-refractivity contribution in [3.63, 3.8) is 0 Å². The van der Waals surface area contributed by atoms with Crippen LogP contribution in [0, 0.1) is 23.4 Å². The molecule has 1 saturated carbocycles. The van der Waals surface area contributed by atoms with E-state index in [0.717, 1.165) is 0 Å². The molecule has 1 amide bonds. The summed E-state index contributed by atoms with van der Waals surface area (Å²) in [4.78, 5) is 25.6. The zero-order chi connectivity index (χ0) is 25.7. The van der Waals surface area contributed by atoms with E-state index in [4.69, 9.17) is 58.0 Å². The minimum absolute atomic E-state index is 0.00201. The lowest BCUT2D eigenvalue weighted by Crippen LogP contribution is -2.17. The Labute approximate surface area is 223 Å². The maximum Gasteiger partial charge on any atom is 0.231 e. The molecule has 3 aromatic carbocycles. The van der Waals surface area contributed by atoms with Crippen LogP contribution in [0.15, 0.2) is 48.5 Å². The first-order valence-corrected chi connectivity index (χ1v) is 11.9. The van der Waals surface area contributed by atoms with Crippen LogP contribution in [0.25, 0.3) is 0 Å². The standard InChI is InChI=1S/C24H13Cl5F3NO2/c25-11-3-10(4-12(26)5-11)21-22(24(21,28)29)23(35)33-14-1-2-17(27)15(8-14)20(34)9-16-18(31)6-13(30)7-19(16)32/h1-8,21-22H,9H2,(H,33,35)/t21-,22+/m0/s1. The van der Waals surface area contributed by atoms with Crippen LogP contribution in [0.2, 0.25) is 15.1 Å². The van der Waals surface area contributed by atoms with Crippen LogP contribution in [0.5, 0.6) is 0 Å². The van der Waals surface area contributed by atoms with Gasteiger partial charge in [-0.25, -0.2) is 13.2 Å². The molecule has 2 atom stereocenters. The number of amides is 1. The van der Waals surface area contributed by atoms with E-state index in [0.29, 0.717) is 27.7 Å². The number of rotatable bonds is 6. The second kappa shape index (κ2) is 9.83. The van der Waals surface area contributed by atoms with Crippen molar-refractivity contribution in [3.05, 3.63) is 97.7 Å². The molecule has 0 heterocycles. The van der Waals surface area contributed by atoms with Gasteiger partial charge in [0.25, 0.3) is 0 Å². The molecule has 0 radical (unpaired) electrons. The monoisotopic (exact) mass is 579 g/mol. The molecule has 0 bridgehead atoms. The predicted octanol–water partition coefficient (Wildman–Crippen LogP) is 8.02. The Kier molecular flexibility index (Phi) is 7.33. The van der Waals surface area contributed by atoms with Gasteiger partial charge in [0.2, 0.25) is 5.91 Å². The van der Waals surface area contributed by atoms with Crippen molar-refractivity contribution >= 4 is 75.4 Å². The number of alkyl halides is 2. The zero-order valence-electron chi connectivity index (χ0n) is 17.3. The molecule has 0 saturated heterocycles. The van der Waals surface area contributed by atoms with E-state index in [2.05, 4.69) is 5.32 Å². The molecule has 1 aliphatic carbocycles. The summed E-state index contributed by atoms with van der Waals surface area (Å²) >= 11 is 30.9. The van der Waals surface area contributed by atoms with Gasteiger partial charge in [0.15, 0.2) is 5.78 Å². The second-order valence-corrected chi connectivity index (χ2v) is 10.7. The maximum atomic E-state index is 14.0. The zero-order valence-corrected chi connectivity index (χ0v) is 21.1. The predicted molar refractivity (Wildman–Crippen MR) is 132 cm³/mol. The van der Waals surface area contributed by atoms with Gasteiger partial charge in [0.1, 0.15) is 21.8 Å². The van der Waals surface area contributed by atoms with Gasteiger partial charge in [-0.15, -0.1) is 23.2 Å². The summed E-state index contributed by atoms with van der Waals surface area (Å²) in [5.41, 5.74) is 0.0752. The Morgan fingerprint density at radius 2 is 1.49 bits per heavy atom. The van der Waals surface area contributed by atoms with Crippen molar-refractivity contribution in [2.75, 3.05) is 5.32 Å². The average molecular weight is 582 g/mol. The van der Waals surface area contributed by atoms with Crippen molar-refractivity contribution in [1.82, 2.24) is 0 Å². The van der Waals surface area contributed by atoms with E-state index >= 15 is 0 Å². The van der Waals surface area contributed by atoms with E-state index < -0.39 is 57.3 Å². The van der Waals surface area contributed by atoms with Gasteiger partial charge in [0.05, 0.1) is 10.9 Å². The van der Waals surface area contributed by atoms with E-state index in [-0.39, 0.29) is 16.3 Å². The third-order valence-corrected chi connectivity index (χ3v) is 7.26. The third kappa shape index (κ3) is 5.42. The molecule has 3 nitrogen and oxygen atoms in total. The largest absolute Gasteiger partial charge is 0.326 e. The maximum absolute atomic E-state index is 14.0. The van der Waals surface area contributed by atoms with Crippen LogP contribution >= 0.6 is 58.0 Å². The molecule has 0 aromatic heterocycles. The Bertz CT molecular complexity index is 1320. The van der Waals surface area contributed by atoms with Crippen molar-refractivity contribution in [2.45, 2.75) is 16.7 Å². The molecule has 0 aliphatic heterocycles. The molecule has 35 heavy (non-hydrogen) atoms. The van der Waals surface area contributed by atoms with Crippen molar-refractivity contribution < 1.29 is 22.8 Å². The molecule has 3 aromatic rings. The van der Waals surface area contributed by atoms with Crippen LogP contribution in [0.3, 0.4) is 0 Å². The molecule has 11 heteroatoms. The smallest absolute Gasteiger partial charge is 0.231 e. The Morgan fingerprint density at radius 3 is 2.09 bits per heavy atom. The molecule has 0 spiro atoms. The molecular formula is C24H13Cl5F3NO2. The van der Waals surface area contributed by atoms with E-state index in [1.807, 2.05) is 0 Å². The summed E-state index contributed by atoms with van der Waals surface area (Å²) < 4.78 is 39.7. The number of hydrogen-bond acceptors (Lipinski definition) is 2. The van der Waals surface area contributed by atoms with Gasteiger partial charge in [-0.1, -0.05) is 34.8 Å². The molecule has 4 rings (SSSR count). The number of benzene rings is 3. The average Bonchev–Trinajstić information content (AvgIpc) is 3.33. The number of ketones is 1. The summed E-state index contributed by atoms with van der Waals surface area (Å²) in [5.74, 6) is -6.20. The summed E-state index contributed by atoms with van der Waals surface area (Å²) in [5, 5.41) is 3.34. The first-order chi connectivity index (χ1) is 16.4. The molecule has 1 fully saturated rings.